The van der Waals surface area contributed by atoms with Gasteiger partial charge in [-0.15, -0.1) is 0 Å². The largest absolute Gasteiger partial charge is 0.452 e. The van der Waals surface area contributed by atoms with E-state index in [1.165, 1.54) is 0 Å². The molecule has 4 heterocycles. The van der Waals surface area contributed by atoms with Gasteiger partial charge in [-0.3, -0.25) is 9.78 Å². The number of ether oxygens (including phenoxy) is 1. The van der Waals surface area contributed by atoms with Gasteiger partial charge < -0.3 is 19.9 Å². The topological polar surface area (TPSA) is 98.1 Å². The molecule has 2 N–H and O–H groups in total. The molecule has 0 saturated heterocycles. The van der Waals surface area contributed by atoms with E-state index in [9.17, 15) is 9.59 Å². The highest BCUT2D eigenvalue weighted by Crippen LogP contribution is 2.36. The van der Waals surface area contributed by atoms with Crippen LogP contribution in [0.5, 0.6) is 5.75 Å². The zero-order valence-corrected chi connectivity index (χ0v) is 19.8. The van der Waals surface area contributed by atoms with Gasteiger partial charge in [-0.1, -0.05) is 30.3 Å². The minimum absolute atomic E-state index is 0.210. The van der Waals surface area contributed by atoms with Crippen molar-refractivity contribution < 1.29 is 14.3 Å². The molecule has 0 saturated carbocycles. The van der Waals surface area contributed by atoms with Gasteiger partial charge in [-0.2, -0.15) is 0 Å². The van der Waals surface area contributed by atoms with Crippen molar-refractivity contribution in [3.8, 4) is 16.9 Å². The molecular formula is C29H21N5O3. The number of aryl methyl sites for hydroxylation is 1. The highest BCUT2D eigenvalue weighted by molar-refractivity contribution is 6.16. The van der Waals surface area contributed by atoms with Gasteiger partial charge in [0.1, 0.15) is 11.4 Å². The zero-order valence-electron chi connectivity index (χ0n) is 19.8. The minimum Gasteiger partial charge on any atom is -0.452 e. The van der Waals surface area contributed by atoms with Gasteiger partial charge in [0.25, 0.3) is 0 Å². The maximum Gasteiger partial charge on any atom is 0.323 e. The van der Waals surface area contributed by atoms with E-state index in [0.29, 0.717) is 22.7 Å². The highest BCUT2D eigenvalue weighted by atomic mass is 16.5. The predicted octanol–water partition coefficient (Wildman–Crippen LogP) is 5.90. The van der Waals surface area contributed by atoms with E-state index in [4.69, 9.17) is 4.74 Å². The monoisotopic (exact) mass is 487 g/mol. The maximum atomic E-state index is 13.3. The van der Waals surface area contributed by atoms with Crippen molar-refractivity contribution in [2.24, 2.45) is 7.05 Å². The van der Waals surface area contributed by atoms with E-state index < -0.39 is 6.03 Å². The molecule has 2 amide bonds. The van der Waals surface area contributed by atoms with Crippen molar-refractivity contribution >= 4 is 40.3 Å². The van der Waals surface area contributed by atoms with Crippen molar-refractivity contribution in [2.45, 2.75) is 0 Å². The number of carbonyl (C=O) groups excluding carboxylic acids is 2. The fraction of sp³-hybridized carbons (Fsp3) is 0.0345. The number of ketones is 1. The van der Waals surface area contributed by atoms with Crippen molar-refractivity contribution in [3.63, 3.8) is 0 Å². The van der Waals surface area contributed by atoms with Gasteiger partial charge in [0, 0.05) is 42.3 Å². The van der Waals surface area contributed by atoms with E-state index in [-0.39, 0.29) is 11.5 Å². The van der Waals surface area contributed by atoms with Crippen LogP contribution < -0.4 is 15.4 Å². The molecule has 8 nitrogen and oxygen atoms in total. The lowest BCUT2D eigenvalue weighted by Crippen LogP contribution is -2.19. The summed E-state index contributed by atoms with van der Waals surface area (Å²) in [5, 5.41) is 6.38. The van der Waals surface area contributed by atoms with Gasteiger partial charge >= 0.3 is 6.03 Å². The third-order valence-electron chi connectivity index (χ3n) is 6.10. The number of hydrogen-bond acceptors (Lipinski definition) is 5. The zero-order chi connectivity index (χ0) is 25.4. The molecule has 1 aliphatic rings. The molecule has 37 heavy (non-hydrogen) atoms. The van der Waals surface area contributed by atoms with Gasteiger partial charge in [0.2, 0.25) is 5.78 Å². The molecule has 1 aliphatic heterocycles. The number of aromatic nitrogens is 3. The first-order valence-corrected chi connectivity index (χ1v) is 11.6. The molecule has 6 rings (SSSR count). The third-order valence-corrected chi connectivity index (χ3v) is 6.10. The summed E-state index contributed by atoms with van der Waals surface area (Å²) < 4.78 is 7.86. The molecule has 0 unspecified atom stereocenters. The quantitative estimate of drug-likeness (QED) is 0.308. The van der Waals surface area contributed by atoms with E-state index in [1.807, 2.05) is 54.2 Å². The lowest BCUT2D eigenvalue weighted by molar-refractivity contribution is 0.101. The Kier molecular flexibility index (Phi) is 5.46. The van der Waals surface area contributed by atoms with Crippen LogP contribution in [-0.4, -0.2) is 26.3 Å². The molecule has 8 heteroatoms. The molecule has 0 atom stereocenters. The lowest BCUT2D eigenvalue weighted by atomic mass is 10.0. The minimum atomic E-state index is -0.438. The first kappa shape index (κ1) is 22.2. The Morgan fingerprint density at radius 2 is 1.78 bits per heavy atom. The van der Waals surface area contributed by atoms with Gasteiger partial charge in [0.15, 0.2) is 5.76 Å². The molecule has 5 aromatic rings. The van der Waals surface area contributed by atoms with Crippen molar-refractivity contribution in [1.29, 1.82) is 0 Å². The summed E-state index contributed by atoms with van der Waals surface area (Å²) in [6.45, 7) is 0. The predicted molar refractivity (Wildman–Crippen MR) is 142 cm³/mol. The number of urea groups is 1. The van der Waals surface area contributed by atoms with Crippen molar-refractivity contribution in [2.75, 3.05) is 10.6 Å². The van der Waals surface area contributed by atoms with Crippen LogP contribution in [0, 0.1) is 0 Å². The fourth-order valence-corrected chi connectivity index (χ4v) is 4.44. The average molecular weight is 488 g/mol. The smallest absolute Gasteiger partial charge is 0.323 e. The summed E-state index contributed by atoms with van der Waals surface area (Å²) in [7, 11) is 1.92. The van der Waals surface area contributed by atoms with E-state index >= 15 is 0 Å². The molecule has 3 aromatic heterocycles. The summed E-state index contributed by atoms with van der Waals surface area (Å²) in [5.41, 5.74) is 5.13. The van der Waals surface area contributed by atoms with Crippen LogP contribution in [0.1, 0.15) is 15.9 Å². The van der Waals surface area contributed by atoms with Crippen LogP contribution in [0.25, 0.3) is 28.2 Å². The summed E-state index contributed by atoms with van der Waals surface area (Å²) in [6, 6.07) is 20.0. The summed E-state index contributed by atoms with van der Waals surface area (Å²) >= 11 is 0. The Morgan fingerprint density at radius 1 is 0.946 bits per heavy atom. The van der Waals surface area contributed by atoms with Crippen molar-refractivity contribution in [1.82, 2.24) is 14.5 Å². The van der Waals surface area contributed by atoms with E-state index in [0.717, 1.165) is 27.7 Å². The Hall–Kier alpha value is -5.24. The summed E-state index contributed by atoms with van der Waals surface area (Å²) in [6.07, 6.45) is 8.64. The van der Waals surface area contributed by atoms with E-state index in [2.05, 4.69) is 20.6 Å². The number of allylic oxidation sites excluding steroid dienone is 1. The number of hydrogen-bond donors (Lipinski definition) is 2. The second-order valence-corrected chi connectivity index (χ2v) is 8.59. The Labute approximate surface area is 212 Å². The number of nitrogens with zero attached hydrogens (tertiary/aromatic N) is 3. The van der Waals surface area contributed by atoms with Crippen LogP contribution in [-0.2, 0) is 7.05 Å². The molecule has 0 bridgehead atoms. The number of fused-ring (bicyclic) bond motifs is 2. The number of rotatable bonds is 4. The first-order valence-electron chi connectivity index (χ1n) is 11.6. The molecule has 0 fully saturated rings. The number of pyridine rings is 2. The number of carbonyl (C=O) groups is 2. The third kappa shape index (κ3) is 4.21. The molecule has 0 radical (unpaired) electrons. The Balaban J connectivity index is 1.30. The molecule has 0 aliphatic carbocycles. The second-order valence-electron chi connectivity index (χ2n) is 8.59. The second kappa shape index (κ2) is 9.09. The molecule has 2 aromatic carbocycles. The molecule has 0 spiro atoms. The number of amides is 2. The van der Waals surface area contributed by atoms with Crippen LogP contribution in [0.4, 0.5) is 16.2 Å². The van der Waals surface area contributed by atoms with Crippen LogP contribution in [0.3, 0.4) is 0 Å². The number of Topliss-reactive ketones (excluding diaryl/α,β-unsaturated/α-hetero) is 1. The van der Waals surface area contributed by atoms with Gasteiger partial charge in [-0.25, -0.2) is 9.78 Å². The molecular weight excluding hydrogens is 466 g/mol. The van der Waals surface area contributed by atoms with Crippen molar-refractivity contribution in [3.05, 3.63) is 108 Å². The summed E-state index contributed by atoms with van der Waals surface area (Å²) in [5.74, 6) is 0.395. The number of benzene rings is 2. The normalized spacial score (nSPS) is 13.4. The number of anilines is 2. The lowest BCUT2D eigenvalue weighted by Gasteiger charge is -2.07. The van der Waals surface area contributed by atoms with Crippen LogP contribution >= 0.6 is 0 Å². The summed E-state index contributed by atoms with van der Waals surface area (Å²) in [4.78, 5) is 34.2. The van der Waals surface area contributed by atoms with Crippen LogP contribution in [0.2, 0.25) is 0 Å². The Bertz CT molecular complexity index is 1690. The van der Waals surface area contributed by atoms with Gasteiger partial charge in [-0.05, 0) is 53.6 Å². The molecule has 180 valence electrons. The highest BCUT2D eigenvalue weighted by Gasteiger charge is 2.28. The fourth-order valence-electron chi connectivity index (χ4n) is 4.44. The standard InChI is InChI=1S/C29H21N5O3/c1-34-17-19(26-22(11-13-31-28(26)34)18-6-3-2-4-7-18)14-25-27(35)23-15-20(9-10-24(23)37-25)32-29(36)33-21-8-5-12-30-16-21/h2-17H,1H3,(H2,32,33,36). The Morgan fingerprint density at radius 3 is 2.59 bits per heavy atom. The van der Waals surface area contributed by atoms with Crippen LogP contribution in [0.15, 0.2) is 97.3 Å². The first-order chi connectivity index (χ1) is 18.1. The average Bonchev–Trinajstić information content (AvgIpc) is 3.41. The SMILES string of the molecule is Cn1cc(C=C2Oc3ccc(NC(=O)Nc4cccnc4)cc3C2=O)c2c(-c3ccccc3)ccnc21. The van der Waals surface area contributed by atoms with E-state index in [1.54, 1.807) is 55.0 Å². The van der Waals surface area contributed by atoms with Gasteiger partial charge in [0.05, 0.1) is 17.4 Å². The maximum absolute atomic E-state index is 13.3. The number of nitrogens with one attached hydrogen (secondary N) is 2.